The fourth-order valence-corrected chi connectivity index (χ4v) is 3.77. The van der Waals surface area contributed by atoms with Crippen LogP contribution >= 0.6 is 0 Å². The van der Waals surface area contributed by atoms with Gasteiger partial charge < -0.3 is 10.6 Å². The average molecular weight is 336 g/mol. The molecule has 4 rings (SSSR count). The standard InChI is InChI=1S/C19H24N6/c20-9-18-12-23-25-13-15(11-22-19(18)25)10-21-6-8-24-7-5-16-3-1-2-4-17(16)14-24/h1-4,12,15,21-22H,5-8,10-11,13-14H2/t15-/m0/s1. The minimum absolute atomic E-state index is 0.501. The number of anilines is 1. The van der Waals surface area contributed by atoms with Crippen LogP contribution in [-0.2, 0) is 19.5 Å². The number of aromatic nitrogens is 2. The maximum Gasteiger partial charge on any atom is 0.142 e. The van der Waals surface area contributed by atoms with E-state index >= 15 is 0 Å². The largest absolute Gasteiger partial charge is 0.369 e. The number of benzene rings is 1. The Bertz CT molecular complexity index is 774. The topological polar surface area (TPSA) is 68.9 Å². The molecule has 0 bridgehead atoms. The van der Waals surface area contributed by atoms with Crippen LogP contribution in [0.1, 0.15) is 16.7 Å². The molecule has 0 unspecified atom stereocenters. The van der Waals surface area contributed by atoms with Crippen molar-refractivity contribution in [1.82, 2.24) is 20.0 Å². The molecule has 2 aromatic rings. The van der Waals surface area contributed by atoms with Crippen LogP contribution in [-0.4, -0.2) is 47.4 Å². The zero-order valence-corrected chi connectivity index (χ0v) is 14.4. The number of rotatable bonds is 5. The third-order valence-electron chi connectivity index (χ3n) is 5.20. The van der Waals surface area contributed by atoms with Gasteiger partial charge in [0.1, 0.15) is 17.5 Å². The quantitative estimate of drug-likeness (QED) is 0.809. The van der Waals surface area contributed by atoms with Crippen LogP contribution in [0.15, 0.2) is 30.5 Å². The Kier molecular flexibility index (Phi) is 4.68. The van der Waals surface area contributed by atoms with E-state index in [0.29, 0.717) is 11.5 Å². The summed E-state index contributed by atoms with van der Waals surface area (Å²) in [5.74, 6) is 1.37. The van der Waals surface area contributed by atoms with Gasteiger partial charge >= 0.3 is 0 Å². The molecule has 1 aromatic carbocycles. The van der Waals surface area contributed by atoms with E-state index in [9.17, 15) is 0 Å². The van der Waals surface area contributed by atoms with Gasteiger partial charge in [-0.3, -0.25) is 4.90 Å². The highest BCUT2D eigenvalue weighted by Crippen LogP contribution is 2.21. The lowest BCUT2D eigenvalue weighted by Gasteiger charge is -2.29. The van der Waals surface area contributed by atoms with Crippen molar-refractivity contribution in [3.05, 3.63) is 47.2 Å². The SMILES string of the molecule is N#Cc1cnn2c1NC[C@H](CNCCN1CCc3ccccc3C1)C2. The summed E-state index contributed by atoms with van der Waals surface area (Å²) in [6, 6.07) is 11.0. The second-order valence-corrected chi connectivity index (χ2v) is 6.95. The Morgan fingerprint density at radius 1 is 1.32 bits per heavy atom. The number of nitriles is 1. The first-order valence-corrected chi connectivity index (χ1v) is 9.03. The molecule has 0 spiro atoms. The first-order chi connectivity index (χ1) is 12.3. The van der Waals surface area contributed by atoms with Gasteiger partial charge in [-0.2, -0.15) is 10.4 Å². The van der Waals surface area contributed by atoms with Crippen LogP contribution < -0.4 is 10.6 Å². The zero-order valence-electron chi connectivity index (χ0n) is 14.4. The van der Waals surface area contributed by atoms with E-state index < -0.39 is 0 Å². The number of hydrogen-bond acceptors (Lipinski definition) is 5. The van der Waals surface area contributed by atoms with Crippen LogP contribution in [0.2, 0.25) is 0 Å². The van der Waals surface area contributed by atoms with Gasteiger partial charge in [0.2, 0.25) is 0 Å². The molecule has 0 aliphatic carbocycles. The fraction of sp³-hybridized carbons (Fsp3) is 0.474. The van der Waals surface area contributed by atoms with E-state index in [-0.39, 0.29) is 0 Å². The van der Waals surface area contributed by atoms with E-state index in [0.717, 1.165) is 58.1 Å². The Morgan fingerprint density at radius 3 is 3.08 bits per heavy atom. The molecule has 1 aromatic heterocycles. The number of nitrogens with one attached hydrogen (secondary N) is 2. The summed E-state index contributed by atoms with van der Waals surface area (Å²) in [5, 5.41) is 20.3. The smallest absolute Gasteiger partial charge is 0.142 e. The van der Waals surface area contributed by atoms with Gasteiger partial charge in [0.25, 0.3) is 0 Å². The molecule has 0 fully saturated rings. The van der Waals surface area contributed by atoms with Gasteiger partial charge in [-0.05, 0) is 17.5 Å². The second kappa shape index (κ2) is 7.26. The molecule has 6 heteroatoms. The van der Waals surface area contributed by atoms with Crippen molar-refractivity contribution in [3.8, 4) is 6.07 Å². The third-order valence-corrected chi connectivity index (χ3v) is 5.20. The predicted molar refractivity (Wildman–Crippen MR) is 97.2 cm³/mol. The van der Waals surface area contributed by atoms with Gasteiger partial charge in [-0.25, -0.2) is 4.68 Å². The molecule has 2 N–H and O–H groups in total. The minimum atomic E-state index is 0.501. The molecular weight excluding hydrogens is 312 g/mol. The summed E-state index contributed by atoms with van der Waals surface area (Å²) >= 11 is 0. The Balaban J connectivity index is 1.20. The molecule has 0 radical (unpaired) electrons. The van der Waals surface area contributed by atoms with Crippen LogP contribution in [0.3, 0.4) is 0 Å². The molecule has 2 aliphatic heterocycles. The highest BCUT2D eigenvalue weighted by atomic mass is 15.3. The fourth-order valence-electron chi connectivity index (χ4n) is 3.77. The summed E-state index contributed by atoms with van der Waals surface area (Å²) in [5.41, 5.74) is 3.62. The first kappa shape index (κ1) is 16.1. The Morgan fingerprint density at radius 2 is 2.20 bits per heavy atom. The van der Waals surface area contributed by atoms with Crippen molar-refractivity contribution >= 4 is 5.82 Å². The summed E-state index contributed by atoms with van der Waals surface area (Å²) < 4.78 is 1.91. The molecule has 0 saturated heterocycles. The first-order valence-electron chi connectivity index (χ1n) is 9.03. The molecule has 0 saturated carbocycles. The summed E-state index contributed by atoms with van der Waals surface area (Å²) in [4.78, 5) is 2.53. The highest BCUT2D eigenvalue weighted by Gasteiger charge is 2.21. The summed E-state index contributed by atoms with van der Waals surface area (Å²) in [7, 11) is 0. The van der Waals surface area contributed by atoms with Gasteiger partial charge in [0.05, 0.1) is 6.20 Å². The average Bonchev–Trinajstić information content (AvgIpc) is 3.07. The van der Waals surface area contributed by atoms with Crippen LogP contribution in [0, 0.1) is 17.2 Å². The van der Waals surface area contributed by atoms with Gasteiger partial charge in [0, 0.05) is 51.7 Å². The van der Waals surface area contributed by atoms with Crippen LogP contribution in [0.25, 0.3) is 0 Å². The van der Waals surface area contributed by atoms with E-state index in [1.54, 1.807) is 6.20 Å². The van der Waals surface area contributed by atoms with Gasteiger partial charge in [-0.15, -0.1) is 0 Å². The summed E-state index contributed by atoms with van der Waals surface area (Å²) in [6.45, 7) is 7.04. The van der Waals surface area contributed by atoms with Crippen LogP contribution in [0.5, 0.6) is 0 Å². The Hall–Kier alpha value is -2.36. The molecular formula is C19H24N6. The van der Waals surface area contributed by atoms with E-state index in [2.05, 4.69) is 51.0 Å². The maximum atomic E-state index is 9.05. The van der Waals surface area contributed by atoms with Crippen molar-refractivity contribution in [1.29, 1.82) is 5.26 Å². The van der Waals surface area contributed by atoms with E-state index in [1.165, 1.54) is 11.1 Å². The molecule has 0 amide bonds. The van der Waals surface area contributed by atoms with Crippen molar-refractivity contribution in [2.24, 2.45) is 5.92 Å². The number of nitrogens with zero attached hydrogens (tertiary/aromatic N) is 4. The normalized spacial score (nSPS) is 19.6. The lowest BCUT2D eigenvalue weighted by molar-refractivity contribution is 0.250. The lowest BCUT2D eigenvalue weighted by atomic mass is 10.00. The molecule has 25 heavy (non-hydrogen) atoms. The zero-order chi connectivity index (χ0) is 17.1. The maximum absolute atomic E-state index is 9.05. The minimum Gasteiger partial charge on any atom is -0.369 e. The highest BCUT2D eigenvalue weighted by molar-refractivity contribution is 5.52. The Labute approximate surface area is 148 Å². The van der Waals surface area contributed by atoms with Gasteiger partial charge in [0.15, 0.2) is 0 Å². The van der Waals surface area contributed by atoms with E-state index in [1.807, 2.05) is 4.68 Å². The molecule has 2 aliphatic rings. The third kappa shape index (κ3) is 3.53. The molecule has 1 atom stereocenters. The lowest BCUT2D eigenvalue weighted by Crippen LogP contribution is -2.40. The molecule has 6 nitrogen and oxygen atoms in total. The van der Waals surface area contributed by atoms with Crippen molar-refractivity contribution < 1.29 is 0 Å². The molecule has 130 valence electrons. The van der Waals surface area contributed by atoms with Crippen molar-refractivity contribution in [3.63, 3.8) is 0 Å². The van der Waals surface area contributed by atoms with Crippen molar-refractivity contribution in [2.45, 2.75) is 19.5 Å². The molecule has 3 heterocycles. The van der Waals surface area contributed by atoms with Gasteiger partial charge in [-0.1, -0.05) is 24.3 Å². The predicted octanol–water partition coefficient (Wildman–Crippen LogP) is 1.44. The number of hydrogen-bond donors (Lipinski definition) is 2. The van der Waals surface area contributed by atoms with Crippen LogP contribution in [0.4, 0.5) is 5.82 Å². The number of fused-ring (bicyclic) bond motifs is 2. The van der Waals surface area contributed by atoms with E-state index in [4.69, 9.17) is 5.26 Å². The summed E-state index contributed by atoms with van der Waals surface area (Å²) in [6.07, 6.45) is 2.80. The second-order valence-electron chi connectivity index (χ2n) is 6.95. The monoisotopic (exact) mass is 336 g/mol. The van der Waals surface area contributed by atoms with Crippen molar-refractivity contribution in [2.75, 3.05) is 38.0 Å².